The minimum absolute atomic E-state index is 0. The van der Waals surface area contributed by atoms with Gasteiger partial charge in [0.25, 0.3) is 0 Å². The smallest absolute Gasteiger partial charge is 0 e. The molecule has 0 aromatic rings. The fourth-order valence-corrected chi connectivity index (χ4v) is 0. The largest absolute Gasteiger partial charge is 1.00 e. The van der Waals surface area contributed by atoms with Crippen molar-refractivity contribution in [2.75, 3.05) is 0 Å². The first-order chi connectivity index (χ1) is 10.7. The fourth-order valence-electron chi connectivity index (χ4n) is 0. The van der Waals surface area contributed by atoms with Crippen LogP contribution in [-0.2, 0) is 80.4 Å². The van der Waals surface area contributed by atoms with Crippen LogP contribution in [-0.4, -0.2) is 4.21 Å². The van der Waals surface area contributed by atoms with Gasteiger partial charge in [-0.1, -0.05) is 0 Å². The maximum absolute atomic E-state index is 9.43. The summed E-state index contributed by atoms with van der Waals surface area (Å²) in [6, 6.07) is 0. The van der Waals surface area contributed by atoms with Gasteiger partial charge < -0.3 is 0 Å². The molecule has 0 unspecified atom stereocenters. The van der Waals surface area contributed by atoms with Crippen LogP contribution in [0.15, 0.2) is 0 Å². The van der Waals surface area contributed by atoms with E-state index in [0.29, 0.717) is 0 Å². The van der Waals surface area contributed by atoms with E-state index < -0.39 is 0 Å². The van der Waals surface area contributed by atoms with Gasteiger partial charge in [-0.15, -0.1) is 0 Å². The summed E-state index contributed by atoms with van der Waals surface area (Å²) in [5, 5.41) is 9.43. The molecule has 0 fully saturated rings. The predicted octanol–water partition coefficient (Wildman–Crippen LogP) is -4.29. The summed E-state index contributed by atoms with van der Waals surface area (Å²) in [7, 11) is 0. The van der Waals surface area contributed by atoms with Gasteiger partial charge in [0.2, 0.25) is 0 Å². The normalized spacial score (nSPS) is 1.83. The van der Waals surface area contributed by atoms with Crippen molar-refractivity contribution in [3.05, 3.63) is 59.9 Å². The molecular formula is C11H3LiO10Tc2. The van der Waals surface area contributed by atoms with Gasteiger partial charge in [-0.25, -0.2) is 0 Å². The molecule has 122 valence electrons. The van der Waals surface area contributed by atoms with Crippen molar-refractivity contribution in [3.63, 3.8) is 0 Å². The van der Waals surface area contributed by atoms with Gasteiger partial charge in [0.1, 0.15) is 0 Å². The maximum atomic E-state index is 9.43. The van der Waals surface area contributed by atoms with Crippen LogP contribution in [0.4, 0.5) is 0 Å². The molecule has 0 saturated carbocycles. The standard InChI is InChI=1S/C2H3O.9CO.Li.2Tc/c1-2-3;9*1-2;;;/h1H3;;;;;;;;;;;;/q-1;;;;;;;;;;+1;;. The molecule has 0 aliphatic rings. The molecule has 13 heteroatoms. The van der Waals surface area contributed by atoms with Gasteiger partial charge in [-0.3, -0.25) is 0 Å². The van der Waals surface area contributed by atoms with Crippen LogP contribution in [0.3, 0.4) is 0 Å². The van der Waals surface area contributed by atoms with E-state index in [2.05, 4.69) is 59.9 Å². The Morgan fingerprint density at radius 3 is 0.542 bits per heavy atom. The summed E-state index contributed by atoms with van der Waals surface area (Å²) in [5.74, 6) is 0. The van der Waals surface area contributed by atoms with Crippen molar-refractivity contribution in [3.8, 4) is 0 Å². The molecule has 0 saturated heterocycles. The number of hydrogen-bond acceptors (Lipinski definition) is 1. The zero-order valence-electron chi connectivity index (χ0n) is 11.8. The Hall–Kier alpha value is -0.614. The molecule has 0 N–H and O–H groups in total. The molecular weight excluding hydrogens is 495 g/mol. The number of rotatable bonds is 0. The third-order valence-electron chi connectivity index (χ3n) is 0. The average Bonchev–Trinajstić information content (AvgIpc) is 2.69. The molecule has 0 spiro atoms. The topological polar surface area (TPSA) is 202 Å². The summed E-state index contributed by atoms with van der Waals surface area (Å²) >= 11 is 1.70. The van der Waals surface area contributed by atoms with E-state index in [1.54, 1.807) is 18.4 Å². The summed E-state index contributed by atoms with van der Waals surface area (Å²) < 4.78 is 67.6. The van der Waals surface area contributed by atoms with Crippen LogP contribution in [0.25, 0.3) is 0 Å². The van der Waals surface area contributed by atoms with Gasteiger partial charge in [0.05, 0.1) is 0 Å². The van der Waals surface area contributed by atoms with Crippen molar-refractivity contribution >= 4 is 4.21 Å². The van der Waals surface area contributed by atoms with Gasteiger partial charge in [0.15, 0.2) is 0 Å². The van der Waals surface area contributed by atoms with Gasteiger partial charge in [0, 0.05) is 20.1 Å². The van der Waals surface area contributed by atoms with Gasteiger partial charge >= 0.3 is 155 Å². The Kier molecular flexibility index (Phi) is 6770. The summed E-state index contributed by atoms with van der Waals surface area (Å²) in [6.45, 7) is 42.0. The zero-order valence-corrected chi connectivity index (χ0v) is 15.6. The molecule has 0 rings (SSSR count). The van der Waals surface area contributed by atoms with Gasteiger partial charge in [-0.05, 0) is 0 Å². The van der Waals surface area contributed by atoms with Crippen LogP contribution in [0.1, 0.15) is 6.92 Å². The van der Waals surface area contributed by atoms with E-state index in [-0.39, 0.29) is 43.2 Å². The Balaban J connectivity index is -0.00000000671. The van der Waals surface area contributed by atoms with Crippen LogP contribution in [0.2, 0.25) is 0 Å². The van der Waals surface area contributed by atoms with Crippen molar-refractivity contribution in [1.29, 1.82) is 0 Å². The monoisotopic (exact) mass is 496 g/mol. The third kappa shape index (κ3) is 23600. The molecule has 10 nitrogen and oxygen atoms in total. The van der Waals surface area contributed by atoms with E-state index in [1.165, 1.54) is 6.92 Å². The van der Waals surface area contributed by atoms with Crippen molar-refractivity contribution in [1.82, 2.24) is 0 Å². The van der Waals surface area contributed by atoms with Crippen LogP contribution >= 0.6 is 0 Å². The molecule has 0 atom stereocenters. The number of hydrogen-bond donors (Lipinski definition) is 0. The summed E-state index contributed by atoms with van der Waals surface area (Å²) in [4.78, 5) is 0. The molecule has 0 aromatic carbocycles. The average molecular weight is 498 g/mol. The Bertz CT molecular complexity index is 233. The van der Waals surface area contributed by atoms with Crippen molar-refractivity contribution in [2.24, 2.45) is 0 Å². The Labute approximate surface area is 174 Å². The minimum atomic E-state index is 0. The van der Waals surface area contributed by atoms with Crippen molar-refractivity contribution in [2.45, 2.75) is 6.92 Å². The molecule has 24 heavy (non-hydrogen) atoms. The second-order valence-corrected chi connectivity index (χ2v) is 1.78. The molecule has 0 amide bonds. The van der Waals surface area contributed by atoms with E-state index in [4.69, 9.17) is 41.9 Å². The van der Waals surface area contributed by atoms with Crippen LogP contribution in [0, 0.1) is 59.9 Å². The van der Waals surface area contributed by atoms with Gasteiger partial charge in [-0.2, -0.15) is 0 Å². The molecule has 0 aliphatic carbocycles. The van der Waals surface area contributed by atoms with E-state index in [9.17, 15) is 5.11 Å². The third-order valence-corrected chi connectivity index (χ3v) is 0. The molecule has 0 aliphatic heterocycles. The predicted molar refractivity (Wildman–Crippen MR) is 46.0 cm³/mol. The Morgan fingerprint density at radius 1 is 0.542 bits per heavy atom. The molecule has 0 bridgehead atoms. The maximum Gasteiger partial charge on any atom is 1.00 e. The van der Waals surface area contributed by atoms with E-state index in [1.807, 2.05) is 0 Å². The van der Waals surface area contributed by atoms with E-state index >= 15 is 0 Å². The van der Waals surface area contributed by atoms with E-state index in [0.717, 1.165) is 0 Å². The second-order valence-electron chi connectivity index (χ2n) is 0.470. The summed E-state index contributed by atoms with van der Waals surface area (Å²) in [6.07, 6.45) is 0. The first kappa shape index (κ1) is 90.4. The molecule has 0 aromatic heterocycles. The Morgan fingerprint density at radius 2 is 0.542 bits per heavy atom. The molecule has 1 radical (unpaired) electrons. The second kappa shape index (κ2) is 1800. The van der Waals surface area contributed by atoms with Crippen molar-refractivity contribution < 1.29 is 104 Å². The minimum Gasteiger partial charge on any atom is 0 e. The quantitative estimate of drug-likeness (QED) is 0.182. The first-order valence-electron chi connectivity index (χ1n) is 2.73. The summed E-state index contributed by atoms with van der Waals surface area (Å²) in [5.41, 5.74) is 0. The zero-order chi connectivity index (χ0) is 21.6. The SMILES string of the molecule is C[C]([O-])=[Tc].[C-]#[O+].[C-]#[O+].[C-]#[O+].[C-]#[O+].[C-]#[O+].[C-]#[O+].[C-]#[O+].[C-]#[O+].[C-]#[O+].[Li+].[Tc]. The van der Waals surface area contributed by atoms with Crippen LogP contribution in [0.5, 0.6) is 0 Å². The first-order valence-corrected chi connectivity index (χ1v) is 3.66. The van der Waals surface area contributed by atoms with Crippen LogP contribution < -0.4 is 24.0 Å². The fraction of sp³-hybridized carbons (Fsp3) is 0.0909. The molecule has 0 heterocycles.